The maximum Gasteiger partial charge on any atom is 0.373 e. The summed E-state index contributed by atoms with van der Waals surface area (Å²) in [5.74, 6) is 20.7. The van der Waals surface area contributed by atoms with Crippen LogP contribution in [0.25, 0.3) is 0 Å². The maximum atomic E-state index is 13.2. The Morgan fingerprint density at radius 3 is 0.879 bits per heavy atom. The van der Waals surface area contributed by atoms with E-state index in [0.717, 1.165) is 39.4 Å². The van der Waals surface area contributed by atoms with Gasteiger partial charge in [0, 0.05) is 119 Å². The van der Waals surface area contributed by atoms with Gasteiger partial charge < -0.3 is 66.3 Å². The van der Waals surface area contributed by atoms with E-state index >= 15 is 0 Å². The Bertz CT molecular complexity index is 3420. The lowest BCUT2D eigenvalue weighted by Gasteiger charge is -2.25. The Balaban J connectivity index is 0.00000505. The number of hydrogen-bond acceptors (Lipinski definition) is 24. The van der Waals surface area contributed by atoms with Gasteiger partial charge in [-0.05, 0) is 116 Å². The molecule has 0 unspecified atom stereocenters. The Labute approximate surface area is 580 Å². The van der Waals surface area contributed by atoms with Crippen molar-refractivity contribution in [1.82, 2.24) is 29.7 Å². The zero-order valence-electron chi connectivity index (χ0n) is 57.5. The molecule has 24 heteroatoms. The normalized spacial score (nSPS) is 12.5. The monoisotopic (exact) mass is 1360 g/mol. The number of aromatic nitrogens is 3. The number of hydrogen-bond donors (Lipinski definition) is 0. The van der Waals surface area contributed by atoms with E-state index in [4.69, 9.17) is 90.9 Å². The van der Waals surface area contributed by atoms with Crippen molar-refractivity contribution in [3.63, 3.8) is 0 Å². The number of carbonyl (C=O) groups excluding carboxylic acids is 4. The van der Waals surface area contributed by atoms with Gasteiger partial charge in [0.2, 0.25) is 0 Å². The molecule has 1 saturated heterocycles. The summed E-state index contributed by atoms with van der Waals surface area (Å²) in [5, 5.41) is 0. The van der Waals surface area contributed by atoms with Crippen molar-refractivity contribution < 1.29 is 85.5 Å². The lowest BCUT2D eigenvalue weighted by Crippen LogP contribution is -2.36. The molecular weight excluding hydrogens is 1270 g/mol. The molecule has 1 aliphatic heterocycles. The van der Waals surface area contributed by atoms with Crippen molar-refractivity contribution in [2.45, 2.75) is 26.6 Å². The first-order valence-electron chi connectivity index (χ1n) is 32.5. The first-order valence-corrected chi connectivity index (χ1v) is 32.5. The predicted molar refractivity (Wildman–Crippen MR) is 365 cm³/mol. The fraction of sp³-hybridized carbons (Fsp3) is 0.440. The van der Waals surface area contributed by atoms with E-state index in [-0.39, 0.29) is 17.5 Å². The molecule has 24 nitrogen and oxygen atoms in total. The molecule has 0 atom stereocenters. The van der Waals surface area contributed by atoms with Crippen LogP contribution in [0.5, 0.6) is 17.2 Å². The van der Waals surface area contributed by atoms with E-state index in [9.17, 15) is 9.59 Å². The first kappa shape index (κ1) is 79.0. The van der Waals surface area contributed by atoms with Crippen LogP contribution in [0.2, 0.25) is 0 Å². The van der Waals surface area contributed by atoms with Crippen LogP contribution in [0.15, 0.2) is 109 Å². The van der Waals surface area contributed by atoms with Crippen molar-refractivity contribution in [3.05, 3.63) is 177 Å². The van der Waals surface area contributed by atoms with Crippen molar-refractivity contribution in [2.24, 2.45) is 0 Å². The van der Waals surface area contributed by atoms with E-state index in [0.29, 0.717) is 212 Å². The lowest BCUT2D eigenvalue weighted by molar-refractivity contribution is -0.191. The number of methoxy groups -OCH3 is 5. The van der Waals surface area contributed by atoms with Crippen LogP contribution in [-0.2, 0) is 81.3 Å². The number of ether oxygens (including phenoxy) is 14. The van der Waals surface area contributed by atoms with Gasteiger partial charge in [-0.25, -0.2) is 19.6 Å². The van der Waals surface area contributed by atoms with Crippen LogP contribution >= 0.6 is 0 Å². The van der Waals surface area contributed by atoms with Gasteiger partial charge in [-0.2, -0.15) is 9.59 Å². The largest absolute Gasteiger partial charge is 0.491 e. The molecular formula is C75H90N6O18. The molecule has 4 heterocycles. The van der Waals surface area contributed by atoms with Crippen LogP contribution in [0.3, 0.4) is 0 Å². The molecule has 0 amide bonds. The molecule has 99 heavy (non-hydrogen) atoms. The van der Waals surface area contributed by atoms with E-state index < -0.39 is 11.9 Å². The zero-order valence-corrected chi connectivity index (χ0v) is 57.5. The fourth-order valence-corrected chi connectivity index (χ4v) is 9.52. The molecule has 0 spiro atoms. The molecule has 528 valence electrons. The summed E-state index contributed by atoms with van der Waals surface area (Å²) in [6, 6.07) is 33.8. The lowest BCUT2D eigenvalue weighted by atomic mass is 10.1. The summed E-state index contributed by atoms with van der Waals surface area (Å²) in [4.78, 5) is 64.3. The molecule has 0 bridgehead atoms. The molecule has 7 rings (SSSR count). The predicted octanol–water partition coefficient (Wildman–Crippen LogP) is 6.36. The summed E-state index contributed by atoms with van der Waals surface area (Å²) in [7, 11) is 7.59. The van der Waals surface area contributed by atoms with Gasteiger partial charge in [0.15, 0.2) is 0 Å². The highest BCUT2D eigenvalue weighted by atomic mass is 16.6. The van der Waals surface area contributed by atoms with Gasteiger partial charge in [0.25, 0.3) is 0 Å². The minimum absolute atomic E-state index is 0.152. The minimum atomic E-state index is -0.569. The third-order valence-corrected chi connectivity index (χ3v) is 14.4. The summed E-state index contributed by atoms with van der Waals surface area (Å²) < 4.78 is 76.2. The zero-order chi connectivity index (χ0) is 70.3. The second kappa shape index (κ2) is 47.9. The van der Waals surface area contributed by atoms with E-state index in [2.05, 4.69) is 50.2 Å². The topological polar surface area (TPSA) is 246 Å². The van der Waals surface area contributed by atoms with Crippen LogP contribution in [0.1, 0.15) is 77.1 Å². The third-order valence-electron chi connectivity index (χ3n) is 14.4. The number of aryl methyl sites for hydroxylation is 1. The number of benzene rings is 3. The first-order chi connectivity index (χ1) is 48.5. The van der Waals surface area contributed by atoms with E-state index in [1.807, 2.05) is 104 Å². The highest BCUT2D eigenvalue weighted by Crippen LogP contribution is 2.19. The molecule has 0 aliphatic carbocycles. The number of nitrogens with zero attached hydrogens (tertiary/aromatic N) is 6. The molecule has 0 saturated carbocycles. The molecule has 1 fully saturated rings. The second-order valence-corrected chi connectivity index (χ2v) is 21.9. The van der Waals surface area contributed by atoms with Crippen molar-refractivity contribution >= 4 is 18.1 Å². The van der Waals surface area contributed by atoms with Crippen LogP contribution in [-0.4, -0.2) is 241 Å². The Morgan fingerprint density at radius 2 is 0.596 bits per heavy atom. The SMILES string of the molecule is COCCOCCOCCOc1ccc(C#Cc2cc(C)nc(CN3CCN(Cc4cc(C#Cc5ccc(OCCOCCOCCOC)cc5)cc(C(=O)OC)n4)CCN(Cc4cc(C#Cc5ccc(OCCOCCOCCOC)cc5)cc(C(=O)OC)n4)CC3)c2)cc1.O=C=O. The third kappa shape index (κ3) is 32.5. The number of rotatable bonds is 38. The van der Waals surface area contributed by atoms with Crippen LogP contribution in [0, 0.1) is 42.4 Å². The highest BCUT2D eigenvalue weighted by Gasteiger charge is 2.21. The summed E-state index contributed by atoms with van der Waals surface area (Å²) in [6.45, 7) is 15.8. The van der Waals surface area contributed by atoms with Gasteiger partial charge in [-0.3, -0.25) is 19.7 Å². The van der Waals surface area contributed by atoms with E-state index in [1.165, 1.54) is 14.2 Å². The molecule has 3 aromatic heterocycles. The summed E-state index contributed by atoms with van der Waals surface area (Å²) >= 11 is 0. The minimum Gasteiger partial charge on any atom is -0.491 e. The average molecular weight is 1360 g/mol. The quantitative estimate of drug-likeness (QED) is 0.0232. The van der Waals surface area contributed by atoms with Gasteiger partial charge in [0.1, 0.15) is 48.5 Å². The smallest absolute Gasteiger partial charge is 0.373 e. The van der Waals surface area contributed by atoms with Gasteiger partial charge >= 0.3 is 18.1 Å². The highest BCUT2D eigenvalue weighted by molar-refractivity contribution is 5.88. The molecule has 1 aliphatic rings. The summed E-state index contributed by atoms with van der Waals surface area (Å²) in [6.07, 6.45) is 0.250. The van der Waals surface area contributed by atoms with Gasteiger partial charge in [0.05, 0.1) is 130 Å². The standard InChI is InChI=1S/C74H90N6O16.CO2/c1-58-49-62(10-7-59-13-19-68(20-14-59)94-46-43-91-40-37-88-34-31-83-2)50-65(75-58)55-78-25-27-79(56-66-51-63(53-71(76-66)73(81)86-5)11-8-60-15-21-69(22-16-60)95-47-44-92-41-38-89-35-32-84-3)29-30-80(28-26-78)57-67-52-64(54-72(77-67)74(82)87-6)12-9-61-17-23-70(24-18-61)96-48-45-93-42-39-90-36-33-85-4;2-1-3/h13-24,49-54H,25-48,55-57H2,1-6H3;. The summed E-state index contributed by atoms with van der Waals surface area (Å²) in [5.41, 5.74) is 7.76. The van der Waals surface area contributed by atoms with E-state index in [1.54, 1.807) is 33.5 Å². The van der Waals surface area contributed by atoms with Crippen LogP contribution in [0.4, 0.5) is 0 Å². The number of carbonyl (C=O) groups is 2. The Hall–Kier alpha value is -8.97. The van der Waals surface area contributed by atoms with Crippen LogP contribution < -0.4 is 14.2 Å². The maximum absolute atomic E-state index is 13.2. The second-order valence-electron chi connectivity index (χ2n) is 21.9. The molecule has 0 radical (unpaired) electrons. The van der Waals surface area contributed by atoms with Crippen molar-refractivity contribution in [2.75, 3.05) is 194 Å². The average Bonchev–Trinajstić information content (AvgIpc) is 1.55. The fourth-order valence-electron chi connectivity index (χ4n) is 9.52. The number of esters is 2. The van der Waals surface area contributed by atoms with Crippen molar-refractivity contribution in [3.8, 4) is 52.8 Å². The number of pyridine rings is 3. The Morgan fingerprint density at radius 1 is 0.343 bits per heavy atom. The van der Waals surface area contributed by atoms with Crippen molar-refractivity contribution in [1.29, 1.82) is 0 Å². The Kier molecular flexibility index (Phi) is 38.2. The molecule has 3 aromatic carbocycles. The molecule has 6 aromatic rings. The van der Waals surface area contributed by atoms with Gasteiger partial charge in [-0.15, -0.1) is 0 Å². The molecule has 0 N–H and O–H groups in total. The van der Waals surface area contributed by atoms with Gasteiger partial charge in [-0.1, -0.05) is 35.5 Å².